The number of nitrogens with zero attached hydrogens (tertiary/aromatic N) is 1. The van der Waals surface area contributed by atoms with Gasteiger partial charge in [0.15, 0.2) is 5.11 Å². The van der Waals surface area contributed by atoms with Gasteiger partial charge >= 0.3 is 0 Å². The maximum Gasteiger partial charge on any atom is 0.270 e. The molecule has 0 saturated carbocycles. The number of aromatic hydroxyl groups is 1. The fourth-order valence-electron chi connectivity index (χ4n) is 3.11. The van der Waals surface area contributed by atoms with Crippen LogP contribution in [-0.2, 0) is 9.59 Å². The maximum atomic E-state index is 13.1. The Labute approximate surface area is 194 Å². The Kier molecular flexibility index (Phi) is 5.81. The highest BCUT2D eigenvalue weighted by Gasteiger charge is 2.34. The van der Waals surface area contributed by atoms with Gasteiger partial charge in [0.1, 0.15) is 11.3 Å². The van der Waals surface area contributed by atoms with Crippen LogP contribution < -0.4 is 21.3 Å². The molecule has 0 spiro atoms. The monoisotopic (exact) mass is 464 g/mol. The van der Waals surface area contributed by atoms with Crippen LogP contribution in [0, 0.1) is 0 Å². The van der Waals surface area contributed by atoms with Gasteiger partial charge in [0.2, 0.25) is 0 Å². The molecule has 0 atom stereocenters. The number of hydrogen-bond donors (Lipinski definition) is 4. The third kappa shape index (κ3) is 4.41. The highest BCUT2D eigenvalue weighted by Crippen LogP contribution is 2.29. The zero-order valence-corrected chi connectivity index (χ0v) is 18.1. The van der Waals surface area contributed by atoms with Crippen molar-refractivity contribution in [3.05, 3.63) is 82.9 Å². The molecule has 7 nitrogen and oxygen atoms in total. The highest BCUT2D eigenvalue weighted by atomic mass is 35.5. The lowest BCUT2D eigenvalue weighted by atomic mass is 10.1. The predicted molar refractivity (Wildman–Crippen MR) is 130 cm³/mol. The summed E-state index contributed by atoms with van der Waals surface area (Å²) in [6.07, 6.45) is 1.32. The van der Waals surface area contributed by atoms with E-state index in [0.717, 1.165) is 5.69 Å². The lowest BCUT2D eigenvalue weighted by Gasteiger charge is -2.29. The Morgan fingerprint density at radius 3 is 2.31 bits per heavy atom. The molecule has 1 aliphatic heterocycles. The summed E-state index contributed by atoms with van der Waals surface area (Å²) < 4.78 is 0. The van der Waals surface area contributed by atoms with Gasteiger partial charge in [0.05, 0.1) is 5.69 Å². The standard InChI is InChI=1S/C23H17ClN4O3S/c24-14-2-9-18(10-3-14)28-22(31)19(21(30)27-23(28)32)11-13-1-6-17(12-20(13)29)26-16-7-4-15(25)5-8-16/h1-12,26,29H,25H2,(H,27,30,32). The average Bonchev–Trinajstić information content (AvgIpc) is 2.75. The van der Waals surface area contributed by atoms with E-state index in [2.05, 4.69) is 10.6 Å². The lowest BCUT2D eigenvalue weighted by molar-refractivity contribution is -0.122. The Hall–Kier alpha value is -3.88. The number of halogens is 1. The van der Waals surface area contributed by atoms with Crippen molar-refractivity contribution in [1.82, 2.24) is 5.32 Å². The van der Waals surface area contributed by atoms with Crippen LogP contribution >= 0.6 is 23.8 Å². The molecule has 3 aromatic rings. The van der Waals surface area contributed by atoms with E-state index in [1.165, 1.54) is 17.0 Å². The number of nitrogens with one attached hydrogen (secondary N) is 2. The smallest absolute Gasteiger partial charge is 0.270 e. The number of carbonyl (C=O) groups excluding carboxylic acids is 2. The molecule has 1 fully saturated rings. The second-order valence-electron chi connectivity index (χ2n) is 6.95. The first-order valence-electron chi connectivity index (χ1n) is 9.44. The van der Waals surface area contributed by atoms with Gasteiger partial charge in [-0.25, -0.2) is 0 Å². The zero-order chi connectivity index (χ0) is 22.8. The summed E-state index contributed by atoms with van der Waals surface area (Å²) >= 11 is 11.1. The maximum absolute atomic E-state index is 13.1. The van der Waals surface area contributed by atoms with Gasteiger partial charge in [-0.2, -0.15) is 0 Å². The summed E-state index contributed by atoms with van der Waals surface area (Å²) in [6, 6.07) is 18.4. The van der Waals surface area contributed by atoms with Gasteiger partial charge in [-0.3, -0.25) is 19.8 Å². The minimum Gasteiger partial charge on any atom is -0.507 e. The van der Waals surface area contributed by atoms with E-state index in [4.69, 9.17) is 29.6 Å². The van der Waals surface area contributed by atoms with Gasteiger partial charge < -0.3 is 16.2 Å². The van der Waals surface area contributed by atoms with E-state index in [0.29, 0.717) is 27.6 Å². The van der Waals surface area contributed by atoms with Crippen LogP contribution in [0.5, 0.6) is 5.75 Å². The summed E-state index contributed by atoms with van der Waals surface area (Å²) in [5, 5.41) is 16.6. The molecule has 0 unspecified atom stereocenters. The number of amides is 2. The van der Waals surface area contributed by atoms with Crippen molar-refractivity contribution in [2.75, 3.05) is 16.0 Å². The number of nitrogen functional groups attached to an aromatic ring is 1. The number of nitrogens with two attached hydrogens (primary N) is 1. The normalized spacial score (nSPS) is 15.1. The Bertz CT molecular complexity index is 1260. The minimum absolute atomic E-state index is 0.0354. The van der Waals surface area contributed by atoms with Crippen molar-refractivity contribution in [2.24, 2.45) is 0 Å². The second kappa shape index (κ2) is 8.70. The van der Waals surface area contributed by atoms with E-state index >= 15 is 0 Å². The molecule has 5 N–H and O–H groups in total. The fourth-order valence-corrected chi connectivity index (χ4v) is 3.52. The van der Waals surface area contributed by atoms with Crippen LogP contribution in [0.15, 0.2) is 72.3 Å². The minimum atomic E-state index is -0.645. The van der Waals surface area contributed by atoms with Crippen LogP contribution in [0.1, 0.15) is 5.56 Å². The summed E-state index contributed by atoms with van der Waals surface area (Å²) in [5.74, 6) is -1.36. The molecule has 160 valence electrons. The van der Waals surface area contributed by atoms with E-state index in [9.17, 15) is 14.7 Å². The molecule has 3 aromatic carbocycles. The summed E-state index contributed by atoms with van der Waals surface area (Å²) in [4.78, 5) is 26.7. The van der Waals surface area contributed by atoms with E-state index in [1.807, 2.05) is 12.1 Å². The number of hydrogen-bond acceptors (Lipinski definition) is 6. The van der Waals surface area contributed by atoms with E-state index < -0.39 is 11.8 Å². The molecular weight excluding hydrogens is 448 g/mol. The third-order valence-electron chi connectivity index (χ3n) is 4.72. The number of anilines is 4. The SMILES string of the molecule is Nc1ccc(Nc2ccc(C=C3C(=O)NC(=S)N(c4ccc(Cl)cc4)C3=O)c(O)c2)cc1. The molecule has 1 aliphatic rings. The first-order valence-corrected chi connectivity index (χ1v) is 10.2. The quantitative estimate of drug-likeness (QED) is 0.199. The number of thiocarbonyl (C=S) groups is 1. The first kappa shape index (κ1) is 21.4. The van der Waals surface area contributed by atoms with Gasteiger partial charge in [0.25, 0.3) is 11.8 Å². The summed E-state index contributed by atoms with van der Waals surface area (Å²) in [5.41, 5.74) is 8.34. The van der Waals surface area contributed by atoms with Gasteiger partial charge in [-0.1, -0.05) is 11.6 Å². The van der Waals surface area contributed by atoms with Crippen molar-refractivity contribution >= 4 is 69.6 Å². The molecule has 4 rings (SSSR count). The van der Waals surface area contributed by atoms with Gasteiger partial charge in [0, 0.05) is 33.7 Å². The Balaban J connectivity index is 1.62. The number of phenolic OH excluding ortho intramolecular Hbond substituents is 1. The molecule has 9 heteroatoms. The number of benzene rings is 3. The second-order valence-corrected chi connectivity index (χ2v) is 7.78. The predicted octanol–water partition coefficient (Wildman–Crippen LogP) is 4.20. The topological polar surface area (TPSA) is 108 Å². The largest absolute Gasteiger partial charge is 0.507 e. The molecule has 0 aliphatic carbocycles. The fraction of sp³-hybridized carbons (Fsp3) is 0. The molecule has 0 bridgehead atoms. The number of carbonyl (C=O) groups is 2. The molecule has 2 amide bonds. The van der Waals surface area contributed by atoms with Crippen LogP contribution in [0.2, 0.25) is 5.02 Å². The third-order valence-corrected chi connectivity index (χ3v) is 5.25. The van der Waals surface area contributed by atoms with Crippen molar-refractivity contribution in [2.45, 2.75) is 0 Å². The molecule has 0 aromatic heterocycles. The molecule has 0 radical (unpaired) electrons. The molecule has 1 heterocycles. The Morgan fingerprint density at radius 1 is 1.00 bits per heavy atom. The lowest BCUT2D eigenvalue weighted by Crippen LogP contribution is -2.54. The van der Waals surface area contributed by atoms with Crippen molar-refractivity contribution in [3.8, 4) is 5.75 Å². The zero-order valence-electron chi connectivity index (χ0n) is 16.5. The van der Waals surface area contributed by atoms with Crippen molar-refractivity contribution < 1.29 is 14.7 Å². The van der Waals surface area contributed by atoms with Crippen LogP contribution in [0.25, 0.3) is 6.08 Å². The molecular formula is C23H17ClN4O3S. The van der Waals surface area contributed by atoms with Crippen LogP contribution in [-0.4, -0.2) is 22.0 Å². The summed E-state index contributed by atoms with van der Waals surface area (Å²) in [6.45, 7) is 0. The van der Waals surface area contributed by atoms with Gasteiger partial charge in [-0.05, 0) is 79.0 Å². The average molecular weight is 465 g/mol. The van der Waals surface area contributed by atoms with Crippen LogP contribution in [0.4, 0.5) is 22.7 Å². The van der Waals surface area contributed by atoms with E-state index in [1.54, 1.807) is 48.5 Å². The van der Waals surface area contributed by atoms with E-state index in [-0.39, 0.29) is 16.4 Å². The van der Waals surface area contributed by atoms with Crippen molar-refractivity contribution in [3.63, 3.8) is 0 Å². The molecule has 1 saturated heterocycles. The number of rotatable bonds is 4. The first-order chi connectivity index (χ1) is 15.3. The van der Waals surface area contributed by atoms with Gasteiger partial charge in [-0.15, -0.1) is 0 Å². The Morgan fingerprint density at radius 2 is 1.66 bits per heavy atom. The summed E-state index contributed by atoms with van der Waals surface area (Å²) in [7, 11) is 0. The van der Waals surface area contributed by atoms with Crippen LogP contribution in [0.3, 0.4) is 0 Å². The molecule has 32 heavy (non-hydrogen) atoms. The highest BCUT2D eigenvalue weighted by molar-refractivity contribution is 7.80. The number of phenols is 1. The van der Waals surface area contributed by atoms with Crippen molar-refractivity contribution in [1.29, 1.82) is 0 Å².